The highest BCUT2D eigenvalue weighted by Gasteiger charge is 2.17. The molecule has 0 amide bonds. The van der Waals surface area contributed by atoms with Gasteiger partial charge >= 0.3 is 0 Å². The summed E-state index contributed by atoms with van der Waals surface area (Å²) in [4.78, 5) is 11.1. The minimum atomic E-state index is 0.565. The smallest absolute Gasteiger partial charge is 0.159 e. The maximum Gasteiger partial charge on any atom is 0.159 e. The van der Waals surface area contributed by atoms with Gasteiger partial charge in [0.2, 0.25) is 0 Å². The number of nitrogens with two attached hydrogens (primary N) is 1. The molecule has 1 heterocycles. The van der Waals surface area contributed by atoms with Gasteiger partial charge in [-0.05, 0) is 30.0 Å². The Morgan fingerprint density at radius 2 is 1.55 bits per heavy atom. The van der Waals surface area contributed by atoms with E-state index in [0.29, 0.717) is 24.6 Å². The van der Waals surface area contributed by atoms with E-state index in [9.17, 15) is 0 Å². The van der Waals surface area contributed by atoms with Crippen molar-refractivity contribution in [1.29, 1.82) is 0 Å². The molecule has 3 aromatic rings. The molecule has 1 aliphatic carbocycles. The first-order chi connectivity index (χ1) is 14.3. The molecule has 0 saturated carbocycles. The molecule has 0 saturated heterocycles. The van der Waals surface area contributed by atoms with Crippen molar-refractivity contribution in [1.82, 2.24) is 9.97 Å². The number of nitrogens with zero attached hydrogens (tertiary/aromatic N) is 3. The number of hydrogen-bond donors (Lipinski definition) is 2. The molecule has 0 atom stereocenters. The molecule has 0 spiro atoms. The van der Waals surface area contributed by atoms with Crippen molar-refractivity contribution in [3.05, 3.63) is 102 Å². The number of aromatic nitrogens is 2. The van der Waals surface area contributed by atoms with Crippen LogP contribution in [0.15, 0.2) is 90.9 Å². The van der Waals surface area contributed by atoms with Gasteiger partial charge in [-0.25, -0.2) is 9.97 Å². The van der Waals surface area contributed by atoms with Crippen molar-refractivity contribution in [2.45, 2.75) is 25.9 Å². The summed E-state index contributed by atoms with van der Waals surface area (Å²) >= 11 is 0. The first kappa shape index (κ1) is 18.7. The highest BCUT2D eigenvalue weighted by Crippen LogP contribution is 2.30. The summed E-state index contributed by atoms with van der Waals surface area (Å²) in [7, 11) is 0. The van der Waals surface area contributed by atoms with E-state index in [2.05, 4.69) is 86.9 Å². The van der Waals surface area contributed by atoms with Gasteiger partial charge in [0.1, 0.15) is 12.0 Å². The van der Waals surface area contributed by atoms with E-state index in [1.165, 1.54) is 11.1 Å². The van der Waals surface area contributed by atoms with Crippen molar-refractivity contribution < 1.29 is 0 Å². The molecule has 4 rings (SSSR count). The summed E-state index contributed by atoms with van der Waals surface area (Å²) < 4.78 is 0. The fraction of sp³-hybridized carbons (Fsp3) is 0.167. The number of hydrogen-bond acceptors (Lipinski definition) is 5. The van der Waals surface area contributed by atoms with Crippen LogP contribution >= 0.6 is 0 Å². The lowest BCUT2D eigenvalue weighted by Crippen LogP contribution is -2.25. The fourth-order valence-electron chi connectivity index (χ4n) is 3.41. The number of allylic oxidation sites excluding steroid dienone is 4. The van der Waals surface area contributed by atoms with Crippen molar-refractivity contribution in [2.75, 3.05) is 16.0 Å². The van der Waals surface area contributed by atoms with Gasteiger partial charge in [-0.15, -0.1) is 0 Å². The Morgan fingerprint density at radius 3 is 2.14 bits per heavy atom. The fourth-order valence-corrected chi connectivity index (χ4v) is 3.41. The minimum absolute atomic E-state index is 0.565. The van der Waals surface area contributed by atoms with Crippen LogP contribution in [0.25, 0.3) is 0 Å². The maximum absolute atomic E-state index is 6.53. The second-order valence-corrected chi connectivity index (χ2v) is 7.07. The predicted octanol–water partition coefficient (Wildman–Crippen LogP) is 4.91. The quantitative estimate of drug-likeness (QED) is 0.607. The molecule has 146 valence electrons. The van der Waals surface area contributed by atoms with Gasteiger partial charge < -0.3 is 16.0 Å². The molecule has 3 N–H and O–H groups in total. The lowest BCUT2D eigenvalue weighted by molar-refractivity contribution is 0.782. The monoisotopic (exact) mass is 383 g/mol. The molecule has 5 nitrogen and oxygen atoms in total. The van der Waals surface area contributed by atoms with E-state index in [1.54, 1.807) is 6.33 Å². The van der Waals surface area contributed by atoms with E-state index in [-0.39, 0.29) is 0 Å². The standard InChI is InChI=1S/C24H25N5/c25-22-23(28-21-14-8-3-9-15-21)26-18-27-24(22)29(16-19-10-4-1-5-11-19)17-20-12-6-2-7-13-20/h1-8,10-14,18H,9,15-17,25H2,(H,26,27,28). The third-order valence-electron chi connectivity index (χ3n) is 4.89. The SMILES string of the molecule is Nc1c(NC2=CC=CCC2)ncnc1N(Cc1ccccc1)Cc1ccccc1. The van der Waals surface area contributed by atoms with Crippen molar-refractivity contribution in [3.8, 4) is 0 Å². The van der Waals surface area contributed by atoms with Gasteiger partial charge in [-0.1, -0.05) is 72.8 Å². The summed E-state index contributed by atoms with van der Waals surface area (Å²) in [6.07, 6.45) is 9.83. The average Bonchev–Trinajstić information content (AvgIpc) is 2.77. The van der Waals surface area contributed by atoms with E-state index in [0.717, 1.165) is 24.4 Å². The molecule has 0 unspecified atom stereocenters. The van der Waals surface area contributed by atoms with Crippen LogP contribution in [0.1, 0.15) is 24.0 Å². The summed E-state index contributed by atoms with van der Waals surface area (Å²) in [5.41, 5.74) is 10.6. The normalized spacial score (nSPS) is 13.0. The van der Waals surface area contributed by atoms with Crippen LogP contribution in [-0.2, 0) is 13.1 Å². The zero-order valence-corrected chi connectivity index (χ0v) is 16.3. The number of benzene rings is 2. The third kappa shape index (κ3) is 4.82. The van der Waals surface area contributed by atoms with E-state index in [1.807, 2.05) is 12.1 Å². The van der Waals surface area contributed by atoms with Crippen molar-refractivity contribution in [3.63, 3.8) is 0 Å². The number of anilines is 3. The Bertz CT molecular complexity index is 955. The van der Waals surface area contributed by atoms with Gasteiger partial charge in [0, 0.05) is 18.8 Å². The van der Waals surface area contributed by atoms with Crippen LogP contribution in [0.4, 0.5) is 17.3 Å². The first-order valence-corrected chi connectivity index (χ1v) is 9.85. The first-order valence-electron chi connectivity index (χ1n) is 9.85. The van der Waals surface area contributed by atoms with Gasteiger partial charge in [0.05, 0.1) is 0 Å². The molecule has 0 radical (unpaired) electrons. The number of nitrogens with one attached hydrogen (secondary N) is 1. The Hall–Kier alpha value is -3.60. The Labute approximate surface area is 171 Å². The minimum Gasteiger partial charge on any atom is -0.393 e. The van der Waals surface area contributed by atoms with Crippen LogP contribution in [0.2, 0.25) is 0 Å². The summed E-state index contributed by atoms with van der Waals surface area (Å²) in [6.45, 7) is 1.42. The number of nitrogen functional groups attached to an aromatic ring is 1. The topological polar surface area (TPSA) is 67.1 Å². The Kier molecular flexibility index (Phi) is 5.86. The molecular weight excluding hydrogens is 358 g/mol. The van der Waals surface area contributed by atoms with Crippen LogP contribution < -0.4 is 16.0 Å². The highest BCUT2D eigenvalue weighted by molar-refractivity contribution is 5.76. The maximum atomic E-state index is 6.53. The van der Waals surface area contributed by atoms with Crippen LogP contribution in [0, 0.1) is 0 Å². The zero-order valence-electron chi connectivity index (χ0n) is 16.3. The molecule has 2 aromatic carbocycles. The Morgan fingerprint density at radius 1 is 0.897 bits per heavy atom. The largest absolute Gasteiger partial charge is 0.393 e. The number of rotatable bonds is 7. The van der Waals surface area contributed by atoms with Crippen molar-refractivity contribution >= 4 is 17.3 Å². The summed E-state index contributed by atoms with van der Waals surface area (Å²) in [5.74, 6) is 1.39. The van der Waals surface area contributed by atoms with Gasteiger partial charge in [-0.2, -0.15) is 0 Å². The lowest BCUT2D eigenvalue weighted by Gasteiger charge is -2.26. The van der Waals surface area contributed by atoms with Gasteiger partial charge in [0.25, 0.3) is 0 Å². The van der Waals surface area contributed by atoms with E-state index in [4.69, 9.17) is 5.73 Å². The van der Waals surface area contributed by atoms with Crippen LogP contribution in [-0.4, -0.2) is 9.97 Å². The highest BCUT2D eigenvalue weighted by atomic mass is 15.2. The van der Waals surface area contributed by atoms with E-state index >= 15 is 0 Å². The molecule has 29 heavy (non-hydrogen) atoms. The molecule has 0 bridgehead atoms. The average molecular weight is 383 g/mol. The van der Waals surface area contributed by atoms with Crippen LogP contribution in [0.3, 0.4) is 0 Å². The summed E-state index contributed by atoms with van der Waals surface area (Å²) in [5, 5.41) is 3.38. The Balaban J connectivity index is 1.65. The van der Waals surface area contributed by atoms with Crippen LogP contribution in [0.5, 0.6) is 0 Å². The molecule has 1 aliphatic rings. The predicted molar refractivity (Wildman–Crippen MR) is 119 cm³/mol. The molecule has 5 heteroatoms. The lowest BCUT2D eigenvalue weighted by atomic mass is 10.1. The van der Waals surface area contributed by atoms with Gasteiger partial charge in [-0.3, -0.25) is 0 Å². The van der Waals surface area contributed by atoms with Gasteiger partial charge in [0.15, 0.2) is 11.6 Å². The van der Waals surface area contributed by atoms with E-state index < -0.39 is 0 Å². The molecule has 0 fully saturated rings. The molecule has 0 aliphatic heterocycles. The molecular formula is C24H25N5. The second kappa shape index (κ2) is 9.06. The molecule has 1 aromatic heterocycles. The summed E-state index contributed by atoms with van der Waals surface area (Å²) in [6, 6.07) is 20.7. The zero-order chi connectivity index (χ0) is 19.9. The van der Waals surface area contributed by atoms with Crippen molar-refractivity contribution in [2.24, 2.45) is 0 Å². The second-order valence-electron chi connectivity index (χ2n) is 7.07. The third-order valence-corrected chi connectivity index (χ3v) is 4.89.